The van der Waals surface area contributed by atoms with Gasteiger partial charge in [-0.25, -0.2) is 13.4 Å². The average molecular weight is 481 g/mol. The third-order valence-corrected chi connectivity index (χ3v) is 7.47. The summed E-state index contributed by atoms with van der Waals surface area (Å²) in [6.07, 6.45) is 1.41. The molecule has 0 saturated heterocycles. The Labute approximate surface area is 186 Å². The van der Waals surface area contributed by atoms with Gasteiger partial charge in [-0.3, -0.25) is 9.82 Å². The summed E-state index contributed by atoms with van der Waals surface area (Å²) in [5, 5.41) is 19.0. The number of aryl methyl sites for hydroxylation is 1. The largest absolute Gasteiger partial charge is 0.506 e. The van der Waals surface area contributed by atoms with Gasteiger partial charge in [0.15, 0.2) is 0 Å². The van der Waals surface area contributed by atoms with Crippen molar-refractivity contribution >= 4 is 61.4 Å². The van der Waals surface area contributed by atoms with E-state index in [1.807, 2.05) is 0 Å². The maximum absolute atomic E-state index is 13.1. The molecule has 0 unspecified atom stereocenters. The lowest BCUT2D eigenvalue weighted by Gasteiger charge is -2.15. The molecule has 0 fully saturated rings. The lowest BCUT2D eigenvalue weighted by Crippen LogP contribution is -2.14. The molecule has 7 nitrogen and oxygen atoms in total. The number of phenolic OH excluding ortho intramolecular Hbond substituents is 1. The van der Waals surface area contributed by atoms with Gasteiger partial charge in [-0.05, 0) is 42.4 Å². The zero-order chi connectivity index (χ0) is 21.5. The maximum atomic E-state index is 13.1. The molecule has 1 aromatic heterocycles. The topological polar surface area (TPSA) is 108 Å². The molecule has 0 bridgehead atoms. The first-order valence-corrected chi connectivity index (χ1v) is 11.6. The highest BCUT2D eigenvalue weighted by atomic mass is 35.5. The number of phenols is 1. The van der Waals surface area contributed by atoms with Gasteiger partial charge in [0.25, 0.3) is 10.0 Å². The van der Waals surface area contributed by atoms with Crippen molar-refractivity contribution in [1.82, 2.24) is 15.2 Å². The molecular formula is C19H14Cl2N4O3S2. The van der Waals surface area contributed by atoms with Crippen molar-refractivity contribution in [2.45, 2.75) is 21.9 Å². The molecule has 0 aliphatic heterocycles. The van der Waals surface area contributed by atoms with Crippen molar-refractivity contribution in [1.29, 1.82) is 0 Å². The number of nitrogens with one attached hydrogen (secondary N) is 2. The molecule has 0 atom stereocenters. The third kappa shape index (κ3) is 3.93. The van der Waals surface area contributed by atoms with Crippen molar-refractivity contribution in [3.63, 3.8) is 0 Å². The fraction of sp³-hybridized carbons (Fsp3) is 0.0526. The molecule has 0 amide bonds. The van der Waals surface area contributed by atoms with Gasteiger partial charge in [0.1, 0.15) is 17.0 Å². The fourth-order valence-electron chi connectivity index (χ4n) is 2.88. The molecule has 0 radical (unpaired) electrons. The number of sulfonamides is 1. The molecule has 0 saturated carbocycles. The standard InChI is InChI=1S/C19H14Cl2N4O3S2/c1-10-6-17(14(21)7-13(10)20)30(27,28)25-15-8-16(29-19-22-9-23-24-19)18(26)12-5-3-2-4-11(12)15/h2-9,25-26H,1H3,(H,22,23,24). The summed E-state index contributed by atoms with van der Waals surface area (Å²) in [7, 11) is -4.04. The van der Waals surface area contributed by atoms with E-state index in [0.717, 1.165) is 11.8 Å². The van der Waals surface area contributed by atoms with E-state index in [2.05, 4.69) is 19.9 Å². The van der Waals surface area contributed by atoms with Crippen LogP contribution >= 0.6 is 35.0 Å². The van der Waals surface area contributed by atoms with Crippen molar-refractivity contribution in [2.24, 2.45) is 0 Å². The first-order chi connectivity index (χ1) is 14.3. The fourth-order valence-corrected chi connectivity index (χ4v) is 5.57. The highest BCUT2D eigenvalue weighted by Gasteiger charge is 2.22. The highest BCUT2D eigenvalue weighted by Crippen LogP contribution is 2.42. The summed E-state index contributed by atoms with van der Waals surface area (Å²) in [4.78, 5) is 4.33. The smallest absolute Gasteiger partial charge is 0.263 e. The van der Waals surface area contributed by atoms with Crippen LogP contribution in [0.25, 0.3) is 10.8 Å². The molecule has 30 heavy (non-hydrogen) atoms. The third-order valence-electron chi connectivity index (χ3n) is 4.32. The number of aromatic amines is 1. The van der Waals surface area contributed by atoms with Crippen LogP contribution in [0.15, 0.2) is 63.7 Å². The predicted molar refractivity (Wildman–Crippen MR) is 118 cm³/mol. The van der Waals surface area contributed by atoms with Crippen LogP contribution in [0.2, 0.25) is 10.0 Å². The van der Waals surface area contributed by atoms with Gasteiger partial charge in [-0.15, -0.1) is 5.10 Å². The first-order valence-electron chi connectivity index (χ1n) is 8.53. The van der Waals surface area contributed by atoms with Gasteiger partial charge in [0.05, 0.1) is 15.6 Å². The van der Waals surface area contributed by atoms with Crippen molar-refractivity contribution in [3.8, 4) is 5.75 Å². The van der Waals surface area contributed by atoms with E-state index >= 15 is 0 Å². The minimum atomic E-state index is -4.04. The number of fused-ring (bicyclic) bond motifs is 1. The molecule has 4 aromatic rings. The summed E-state index contributed by atoms with van der Waals surface area (Å²) in [5.74, 6) is 0.00344. The Morgan fingerprint density at radius 3 is 2.53 bits per heavy atom. The quantitative estimate of drug-likeness (QED) is 0.337. The number of H-pyrrole nitrogens is 1. The number of hydrogen-bond donors (Lipinski definition) is 3. The number of benzene rings is 3. The van der Waals surface area contributed by atoms with E-state index in [1.165, 1.54) is 24.5 Å². The van der Waals surface area contributed by atoms with Crippen molar-refractivity contribution < 1.29 is 13.5 Å². The molecule has 0 spiro atoms. The van der Waals surface area contributed by atoms with Crippen LogP contribution in [0.5, 0.6) is 5.75 Å². The van der Waals surface area contributed by atoms with Crippen LogP contribution in [-0.2, 0) is 10.0 Å². The molecular weight excluding hydrogens is 467 g/mol. The molecule has 0 aliphatic carbocycles. The Morgan fingerprint density at radius 1 is 1.10 bits per heavy atom. The summed E-state index contributed by atoms with van der Waals surface area (Å²) in [5.41, 5.74) is 0.864. The van der Waals surface area contributed by atoms with Crippen LogP contribution in [0.1, 0.15) is 5.56 Å². The van der Waals surface area contributed by atoms with Gasteiger partial charge in [-0.2, -0.15) is 0 Å². The lowest BCUT2D eigenvalue weighted by molar-refractivity contribution is 0.469. The van der Waals surface area contributed by atoms with Crippen LogP contribution < -0.4 is 4.72 Å². The Kier molecular flexibility index (Phi) is 5.54. The Bertz CT molecular complexity index is 1360. The molecule has 4 rings (SSSR count). The monoisotopic (exact) mass is 480 g/mol. The van der Waals surface area contributed by atoms with E-state index in [1.54, 1.807) is 31.2 Å². The van der Waals surface area contributed by atoms with Crippen LogP contribution in [0.3, 0.4) is 0 Å². The highest BCUT2D eigenvalue weighted by molar-refractivity contribution is 7.99. The minimum Gasteiger partial charge on any atom is -0.506 e. The zero-order valence-electron chi connectivity index (χ0n) is 15.3. The number of aromatic hydroxyl groups is 1. The molecule has 3 aromatic carbocycles. The Morgan fingerprint density at radius 2 is 1.83 bits per heavy atom. The van der Waals surface area contributed by atoms with Crippen molar-refractivity contribution in [3.05, 3.63) is 64.4 Å². The van der Waals surface area contributed by atoms with Gasteiger partial charge >= 0.3 is 0 Å². The second-order valence-corrected chi connectivity index (χ2v) is 9.81. The normalized spacial score (nSPS) is 11.7. The Balaban J connectivity index is 1.84. The zero-order valence-corrected chi connectivity index (χ0v) is 18.5. The molecule has 11 heteroatoms. The number of halogens is 2. The minimum absolute atomic E-state index is 0.00344. The van der Waals surface area contributed by atoms with Crippen LogP contribution in [0, 0.1) is 6.92 Å². The summed E-state index contributed by atoms with van der Waals surface area (Å²) in [6, 6.07) is 11.3. The number of nitrogens with zero attached hydrogens (tertiary/aromatic N) is 2. The van der Waals surface area contributed by atoms with Crippen LogP contribution in [-0.4, -0.2) is 28.7 Å². The lowest BCUT2D eigenvalue weighted by atomic mass is 10.1. The maximum Gasteiger partial charge on any atom is 0.263 e. The van der Waals surface area contributed by atoms with E-state index in [4.69, 9.17) is 23.2 Å². The average Bonchev–Trinajstić information content (AvgIpc) is 3.21. The van der Waals surface area contributed by atoms with Crippen molar-refractivity contribution in [2.75, 3.05) is 4.72 Å². The molecule has 1 heterocycles. The second kappa shape index (κ2) is 7.99. The summed E-state index contributed by atoms with van der Waals surface area (Å²) in [6.45, 7) is 1.69. The van der Waals surface area contributed by atoms with E-state index in [-0.39, 0.29) is 21.4 Å². The second-order valence-electron chi connectivity index (χ2n) is 6.34. The number of rotatable bonds is 5. The summed E-state index contributed by atoms with van der Waals surface area (Å²) >= 11 is 13.3. The van der Waals surface area contributed by atoms with Gasteiger partial charge in [0, 0.05) is 15.8 Å². The molecule has 154 valence electrons. The predicted octanol–water partition coefficient (Wildman–Crippen LogP) is 5.23. The van der Waals surface area contributed by atoms with E-state index in [0.29, 0.717) is 31.4 Å². The van der Waals surface area contributed by atoms with Crippen LogP contribution in [0.4, 0.5) is 5.69 Å². The number of anilines is 1. The van der Waals surface area contributed by atoms with E-state index in [9.17, 15) is 13.5 Å². The first kappa shape index (κ1) is 20.8. The number of hydrogen-bond acceptors (Lipinski definition) is 6. The molecule has 0 aliphatic rings. The van der Waals surface area contributed by atoms with Gasteiger partial charge < -0.3 is 5.11 Å². The van der Waals surface area contributed by atoms with Gasteiger partial charge in [0.2, 0.25) is 5.16 Å². The SMILES string of the molecule is Cc1cc(S(=O)(=O)Nc2cc(Sc3nc[nH]n3)c(O)c3ccccc23)c(Cl)cc1Cl. The summed E-state index contributed by atoms with van der Waals surface area (Å²) < 4.78 is 28.8. The Hall–Kier alpha value is -2.46. The van der Waals surface area contributed by atoms with Gasteiger partial charge in [-0.1, -0.05) is 47.5 Å². The molecule has 3 N–H and O–H groups in total. The van der Waals surface area contributed by atoms with E-state index < -0.39 is 10.0 Å². The number of aromatic nitrogens is 3.